The van der Waals surface area contributed by atoms with Gasteiger partial charge in [-0.3, -0.25) is 14.5 Å². The summed E-state index contributed by atoms with van der Waals surface area (Å²) < 4.78 is 35.4. The molecule has 2 aromatic rings. The van der Waals surface area contributed by atoms with Gasteiger partial charge in [0.1, 0.15) is 12.4 Å². The third kappa shape index (κ3) is 3.95. The molecule has 10 heteroatoms. The van der Waals surface area contributed by atoms with Gasteiger partial charge in [-0.05, 0) is 50.5 Å². The van der Waals surface area contributed by atoms with E-state index in [1.807, 2.05) is 11.8 Å². The Kier molecular flexibility index (Phi) is 5.33. The van der Waals surface area contributed by atoms with Crippen molar-refractivity contribution in [2.75, 3.05) is 17.9 Å². The number of nitrogens with one attached hydrogen (secondary N) is 1. The molecular weight excluding hydrogens is 406 g/mol. The van der Waals surface area contributed by atoms with Gasteiger partial charge in [0.15, 0.2) is 5.84 Å². The number of hydrogen-bond acceptors (Lipinski definition) is 6. The molecule has 1 saturated heterocycles. The average Bonchev–Trinajstić information content (AvgIpc) is 2.71. The summed E-state index contributed by atoms with van der Waals surface area (Å²) in [5, 5.41) is 0. The molecule has 3 heterocycles. The lowest BCUT2D eigenvalue weighted by atomic mass is 10.0. The van der Waals surface area contributed by atoms with E-state index < -0.39 is 10.2 Å². The van der Waals surface area contributed by atoms with Gasteiger partial charge in [0.05, 0.1) is 22.9 Å². The number of ether oxygens (including phenoxy) is 1. The quantitative estimate of drug-likeness (QED) is 0.763. The third-order valence-corrected chi connectivity index (χ3v) is 6.21. The summed E-state index contributed by atoms with van der Waals surface area (Å²) in [4.78, 5) is 19.2. The lowest BCUT2D eigenvalue weighted by Crippen LogP contribution is -2.47. The van der Waals surface area contributed by atoms with E-state index in [1.54, 1.807) is 36.5 Å². The van der Waals surface area contributed by atoms with Crippen LogP contribution in [0.1, 0.15) is 40.9 Å². The van der Waals surface area contributed by atoms with E-state index in [1.165, 1.54) is 0 Å². The molecule has 2 aliphatic rings. The molecule has 0 bridgehead atoms. The van der Waals surface area contributed by atoms with Crippen LogP contribution in [-0.2, 0) is 10.2 Å². The van der Waals surface area contributed by atoms with Crippen LogP contribution in [0.2, 0.25) is 0 Å². The van der Waals surface area contributed by atoms with Crippen LogP contribution in [-0.4, -0.2) is 49.2 Å². The van der Waals surface area contributed by atoms with Crippen LogP contribution in [0.3, 0.4) is 0 Å². The summed E-state index contributed by atoms with van der Waals surface area (Å²) in [5.74, 6) is 0.242. The predicted octanol–water partition coefficient (Wildman–Crippen LogP) is 1.84. The number of likely N-dealkylation sites (tertiary alicyclic amines) is 1. The molecule has 1 fully saturated rings. The van der Waals surface area contributed by atoms with Crippen LogP contribution in [0.5, 0.6) is 5.75 Å². The highest BCUT2D eigenvalue weighted by molar-refractivity contribution is 7.91. The van der Waals surface area contributed by atoms with Crippen LogP contribution in [0, 0.1) is 6.92 Å². The number of amidine groups is 1. The summed E-state index contributed by atoms with van der Waals surface area (Å²) in [6.07, 6.45) is 4.42. The summed E-state index contributed by atoms with van der Waals surface area (Å²) in [6.45, 7) is 2.74. The Hall–Kier alpha value is -3.14. The number of carbonyl (C=O) groups is 1. The van der Waals surface area contributed by atoms with Gasteiger partial charge in [-0.2, -0.15) is 8.42 Å². The van der Waals surface area contributed by atoms with Crippen molar-refractivity contribution in [3.8, 4) is 5.75 Å². The Balaban J connectivity index is 1.55. The highest BCUT2D eigenvalue weighted by Gasteiger charge is 2.30. The molecule has 1 amide bonds. The smallest absolute Gasteiger partial charge is 0.344 e. The number of pyridine rings is 1. The van der Waals surface area contributed by atoms with Crippen molar-refractivity contribution in [1.29, 1.82) is 0 Å². The second-order valence-corrected chi connectivity index (χ2v) is 8.66. The number of hydrogen-bond donors (Lipinski definition) is 2. The van der Waals surface area contributed by atoms with Crippen molar-refractivity contribution in [2.45, 2.75) is 32.2 Å². The minimum Gasteiger partial charge on any atom is -0.491 e. The third-order valence-electron chi connectivity index (χ3n) is 5.30. The van der Waals surface area contributed by atoms with Gasteiger partial charge in [-0.1, -0.05) is 6.07 Å². The zero-order valence-corrected chi connectivity index (χ0v) is 17.4. The summed E-state index contributed by atoms with van der Waals surface area (Å²) in [5.41, 5.74) is 7.89. The maximum atomic E-state index is 13.1. The van der Waals surface area contributed by atoms with Crippen LogP contribution < -0.4 is 15.2 Å². The molecule has 1 aromatic carbocycles. The number of nitrogens with two attached hydrogens (primary N) is 1. The Bertz CT molecular complexity index is 1120. The maximum absolute atomic E-state index is 13.1. The first-order chi connectivity index (χ1) is 14.4. The minimum atomic E-state index is -3.85. The second kappa shape index (κ2) is 7.94. The molecule has 30 heavy (non-hydrogen) atoms. The van der Waals surface area contributed by atoms with E-state index in [0.717, 1.165) is 19.3 Å². The highest BCUT2D eigenvalue weighted by atomic mass is 32.2. The fraction of sp³-hybridized carbons (Fsp3) is 0.350. The van der Waals surface area contributed by atoms with Gasteiger partial charge < -0.3 is 15.4 Å². The average molecular weight is 430 g/mol. The molecule has 0 unspecified atom stereocenters. The first-order valence-corrected chi connectivity index (χ1v) is 11.2. The number of aromatic nitrogens is 1. The molecule has 0 saturated carbocycles. The number of aryl methyl sites for hydroxylation is 1. The summed E-state index contributed by atoms with van der Waals surface area (Å²) in [7, 11) is -3.85. The van der Waals surface area contributed by atoms with E-state index in [0.29, 0.717) is 34.8 Å². The molecular formula is C20H23N5O4S. The molecule has 1 atom stereocenters. The van der Waals surface area contributed by atoms with Crippen LogP contribution in [0.25, 0.3) is 0 Å². The number of amides is 1. The first-order valence-electron chi connectivity index (χ1n) is 9.72. The number of rotatable bonds is 4. The largest absolute Gasteiger partial charge is 0.491 e. The molecule has 0 spiro atoms. The normalized spacial score (nSPS) is 20.0. The highest BCUT2D eigenvalue weighted by Crippen LogP contribution is 2.31. The molecule has 2 aliphatic heterocycles. The lowest BCUT2D eigenvalue weighted by Gasteiger charge is -2.36. The molecule has 0 radical (unpaired) electrons. The fourth-order valence-corrected chi connectivity index (χ4v) is 4.67. The molecule has 158 valence electrons. The minimum absolute atomic E-state index is 0.0576. The van der Waals surface area contributed by atoms with E-state index in [9.17, 15) is 13.2 Å². The first kappa shape index (κ1) is 20.1. The number of piperidine rings is 1. The zero-order valence-electron chi connectivity index (χ0n) is 16.5. The van der Waals surface area contributed by atoms with Crippen molar-refractivity contribution in [3.05, 3.63) is 53.3 Å². The Morgan fingerprint density at radius 1 is 1.30 bits per heavy atom. The van der Waals surface area contributed by atoms with Crippen molar-refractivity contribution < 1.29 is 17.9 Å². The standard InChI is InChI=1S/C20H23N5O4S/c1-13-15(7-5-10-22-13)20(26)25-11-3-2-6-14(25)12-29-17-9-4-8-16-18(17)19(21)24-30(27,28)23-16/h4-5,7-10,14,23H,2-3,6,11-12H2,1H3,(H2,21,24)/t14-/m1/s1. The topological polar surface area (TPSA) is 127 Å². The maximum Gasteiger partial charge on any atom is 0.344 e. The Labute approximate surface area is 175 Å². The zero-order chi connectivity index (χ0) is 21.3. The molecule has 1 aromatic heterocycles. The number of nitrogens with zero attached hydrogens (tertiary/aromatic N) is 3. The fourth-order valence-electron chi connectivity index (χ4n) is 3.83. The Morgan fingerprint density at radius 3 is 2.93 bits per heavy atom. The van der Waals surface area contributed by atoms with E-state index >= 15 is 0 Å². The van der Waals surface area contributed by atoms with Crippen LogP contribution in [0.4, 0.5) is 5.69 Å². The van der Waals surface area contributed by atoms with Gasteiger partial charge in [0.2, 0.25) is 0 Å². The molecule has 3 N–H and O–H groups in total. The molecule has 9 nitrogen and oxygen atoms in total. The lowest BCUT2D eigenvalue weighted by molar-refractivity contribution is 0.0527. The summed E-state index contributed by atoms with van der Waals surface area (Å²) in [6, 6.07) is 8.42. The van der Waals surface area contributed by atoms with Crippen molar-refractivity contribution in [2.24, 2.45) is 10.1 Å². The number of carbonyl (C=O) groups excluding carboxylic acids is 1. The summed E-state index contributed by atoms with van der Waals surface area (Å²) >= 11 is 0. The number of anilines is 1. The van der Waals surface area contributed by atoms with Crippen molar-refractivity contribution in [1.82, 2.24) is 9.88 Å². The van der Waals surface area contributed by atoms with Crippen molar-refractivity contribution in [3.63, 3.8) is 0 Å². The van der Waals surface area contributed by atoms with Gasteiger partial charge in [0, 0.05) is 18.4 Å². The van der Waals surface area contributed by atoms with Crippen molar-refractivity contribution >= 4 is 27.6 Å². The Morgan fingerprint density at radius 2 is 2.13 bits per heavy atom. The van der Waals surface area contributed by atoms with Gasteiger partial charge in [0.25, 0.3) is 5.91 Å². The predicted molar refractivity (Wildman–Crippen MR) is 113 cm³/mol. The van der Waals surface area contributed by atoms with E-state index in [4.69, 9.17) is 10.5 Å². The SMILES string of the molecule is Cc1ncccc1C(=O)N1CCCC[C@@H]1COc1cccc2c1C(N)=NS(=O)(=O)N2. The second-order valence-electron chi connectivity index (χ2n) is 7.33. The molecule has 0 aliphatic carbocycles. The van der Waals surface area contributed by atoms with Gasteiger partial charge in [-0.15, -0.1) is 4.40 Å². The molecule has 4 rings (SSSR count). The van der Waals surface area contributed by atoms with Gasteiger partial charge in [-0.25, -0.2) is 0 Å². The monoisotopic (exact) mass is 429 g/mol. The number of fused-ring (bicyclic) bond motifs is 1. The number of benzene rings is 1. The van der Waals surface area contributed by atoms with E-state index in [-0.39, 0.29) is 24.4 Å². The van der Waals surface area contributed by atoms with Crippen LogP contribution in [0.15, 0.2) is 40.9 Å². The van der Waals surface area contributed by atoms with E-state index in [2.05, 4.69) is 14.1 Å². The van der Waals surface area contributed by atoms with Gasteiger partial charge >= 0.3 is 10.2 Å². The van der Waals surface area contributed by atoms with Crippen LogP contribution >= 0.6 is 0 Å².